The molecule has 0 radical (unpaired) electrons. The van der Waals surface area contributed by atoms with Crippen LogP contribution in [0.2, 0.25) is 5.15 Å². The van der Waals surface area contributed by atoms with Crippen molar-refractivity contribution in [1.29, 1.82) is 0 Å². The first-order valence-corrected chi connectivity index (χ1v) is 6.11. The molecule has 3 heteroatoms. The number of nitrogens with zero attached hydrogens (tertiary/aromatic N) is 1. The van der Waals surface area contributed by atoms with Gasteiger partial charge in [0.25, 0.3) is 0 Å². The van der Waals surface area contributed by atoms with Crippen LogP contribution in [0.25, 0.3) is 0 Å². The normalized spacial score (nSPS) is 18.5. The van der Waals surface area contributed by atoms with Gasteiger partial charge in [0.1, 0.15) is 0 Å². The maximum atomic E-state index is 6.01. The predicted molar refractivity (Wildman–Crippen MR) is 64.4 cm³/mol. The van der Waals surface area contributed by atoms with Crippen molar-refractivity contribution in [3.8, 4) is 0 Å². The molecule has 0 atom stereocenters. The second-order valence-corrected chi connectivity index (χ2v) is 4.53. The summed E-state index contributed by atoms with van der Waals surface area (Å²) in [6.07, 6.45) is 9.64. The molecule has 1 N–H and O–H groups in total. The highest BCUT2D eigenvalue weighted by Gasteiger charge is 2.12. The molecular weight excluding hydrogens is 208 g/mol. The maximum absolute atomic E-state index is 6.01. The van der Waals surface area contributed by atoms with E-state index in [1.54, 1.807) is 6.20 Å². The van der Waals surface area contributed by atoms with E-state index in [1.165, 1.54) is 38.5 Å². The lowest BCUT2D eigenvalue weighted by Gasteiger charge is -2.17. The van der Waals surface area contributed by atoms with Gasteiger partial charge >= 0.3 is 0 Å². The molecule has 1 aromatic rings. The Morgan fingerprint density at radius 1 is 1.20 bits per heavy atom. The average molecular weight is 225 g/mol. The fraction of sp³-hybridized carbons (Fsp3) is 0.583. The maximum Gasteiger partial charge on any atom is 0.152 e. The van der Waals surface area contributed by atoms with Crippen LogP contribution in [0.5, 0.6) is 0 Å². The van der Waals surface area contributed by atoms with Crippen molar-refractivity contribution >= 4 is 17.3 Å². The molecule has 0 bridgehead atoms. The van der Waals surface area contributed by atoms with E-state index in [1.807, 2.05) is 12.1 Å². The molecule has 1 aliphatic rings. The van der Waals surface area contributed by atoms with E-state index in [4.69, 9.17) is 11.6 Å². The zero-order valence-electron chi connectivity index (χ0n) is 8.88. The van der Waals surface area contributed by atoms with Crippen molar-refractivity contribution in [3.63, 3.8) is 0 Å². The topological polar surface area (TPSA) is 24.9 Å². The minimum Gasteiger partial charge on any atom is -0.380 e. The van der Waals surface area contributed by atoms with E-state index < -0.39 is 0 Å². The van der Waals surface area contributed by atoms with Crippen LogP contribution in [-0.4, -0.2) is 11.0 Å². The van der Waals surface area contributed by atoms with Gasteiger partial charge in [0.15, 0.2) is 5.15 Å². The summed E-state index contributed by atoms with van der Waals surface area (Å²) in [6, 6.07) is 4.50. The smallest absolute Gasteiger partial charge is 0.152 e. The molecular formula is C12H17ClN2. The van der Waals surface area contributed by atoms with E-state index >= 15 is 0 Å². The first-order chi connectivity index (χ1) is 7.36. The minimum absolute atomic E-state index is 0.578. The summed E-state index contributed by atoms with van der Waals surface area (Å²) in [5.74, 6) is 0. The monoisotopic (exact) mass is 224 g/mol. The van der Waals surface area contributed by atoms with Gasteiger partial charge in [-0.1, -0.05) is 37.3 Å². The molecule has 0 saturated heterocycles. The largest absolute Gasteiger partial charge is 0.380 e. The van der Waals surface area contributed by atoms with Crippen LogP contribution in [0.4, 0.5) is 5.69 Å². The first kappa shape index (κ1) is 10.7. The lowest BCUT2D eigenvalue weighted by atomic mass is 10.1. The van der Waals surface area contributed by atoms with E-state index in [9.17, 15) is 0 Å². The summed E-state index contributed by atoms with van der Waals surface area (Å²) >= 11 is 6.01. The Bertz CT molecular complexity index is 306. The summed E-state index contributed by atoms with van der Waals surface area (Å²) < 4.78 is 0. The van der Waals surface area contributed by atoms with Crippen molar-refractivity contribution in [2.24, 2.45) is 0 Å². The molecule has 1 saturated carbocycles. The number of aromatic nitrogens is 1. The number of halogens is 1. The number of hydrogen-bond acceptors (Lipinski definition) is 2. The number of nitrogens with one attached hydrogen (secondary N) is 1. The molecule has 1 fully saturated rings. The van der Waals surface area contributed by atoms with Crippen molar-refractivity contribution in [3.05, 3.63) is 23.5 Å². The highest BCUT2D eigenvalue weighted by atomic mass is 35.5. The molecule has 0 spiro atoms. The van der Waals surface area contributed by atoms with Gasteiger partial charge in [-0.15, -0.1) is 0 Å². The van der Waals surface area contributed by atoms with E-state index in [0.29, 0.717) is 11.2 Å². The van der Waals surface area contributed by atoms with Gasteiger partial charge in [-0.05, 0) is 25.0 Å². The van der Waals surface area contributed by atoms with Crippen LogP contribution in [0.1, 0.15) is 38.5 Å². The molecule has 1 heterocycles. The van der Waals surface area contributed by atoms with Crippen molar-refractivity contribution in [2.45, 2.75) is 44.6 Å². The van der Waals surface area contributed by atoms with Gasteiger partial charge in [0.2, 0.25) is 0 Å². The molecule has 2 rings (SSSR count). The fourth-order valence-electron chi connectivity index (χ4n) is 2.14. The number of pyridine rings is 1. The second-order valence-electron chi connectivity index (χ2n) is 4.17. The Balaban J connectivity index is 1.98. The number of rotatable bonds is 2. The Morgan fingerprint density at radius 3 is 2.60 bits per heavy atom. The molecule has 15 heavy (non-hydrogen) atoms. The van der Waals surface area contributed by atoms with Crippen molar-refractivity contribution < 1.29 is 0 Å². The highest BCUT2D eigenvalue weighted by molar-refractivity contribution is 6.31. The van der Waals surface area contributed by atoms with E-state index in [-0.39, 0.29) is 0 Å². The lowest BCUT2D eigenvalue weighted by Crippen LogP contribution is -2.18. The van der Waals surface area contributed by atoms with Crippen LogP contribution >= 0.6 is 11.6 Å². The van der Waals surface area contributed by atoms with Crippen molar-refractivity contribution in [1.82, 2.24) is 4.98 Å². The average Bonchev–Trinajstić information content (AvgIpc) is 2.50. The molecule has 0 aromatic carbocycles. The van der Waals surface area contributed by atoms with Gasteiger partial charge in [-0.2, -0.15) is 0 Å². The quantitative estimate of drug-likeness (QED) is 0.610. The highest BCUT2D eigenvalue weighted by Crippen LogP contribution is 2.24. The van der Waals surface area contributed by atoms with Crippen LogP contribution in [0.15, 0.2) is 18.3 Å². The summed E-state index contributed by atoms with van der Waals surface area (Å²) in [5.41, 5.74) is 0.978. The number of hydrogen-bond donors (Lipinski definition) is 1. The molecule has 2 nitrogen and oxygen atoms in total. The summed E-state index contributed by atoms with van der Waals surface area (Å²) in [5, 5.41) is 4.08. The van der Waals surface area contributed by atoms with Crippen LogP contribution in [0, 0.1) is 0 Å². The van der Waals surface area contributed by atoms with Gasteiger partial charge < -0.3 is 5.32 Å². The summed E-state index contributed by atoms with van der Waals surface area (Å²) in [4.78, 5) is 4.07. The zero-order chi connectivity index (χ0) is 10.5. The standard InChI is InChI=1S/C12H17ClN2/c13-12-11(8-5-9-14-12)15-10-6-3-1-2-4-7-10/h5,8-10,15H,1-4,6-7H2. The lowest BCUT2D eigenvalue weighted by molar-refractivity contribution is 0.620. The molecule has 82 valence electrons. The van der Waals surface area contributed by atoms with Crippen LogP contribution < -0.4 is 5.32 Å². The molecule has 1 aliphatic carbocycles. The zero-order valence-corrected chi connectivity index (χ0v) is 9.63. The predicted octanol–water partition coefficient (Wildman–Crippen LogP) is 3.87. The van der Waals surface area contributed by atoms with E-state index in [0.717, 1.165) is 5.69 Å². The van der Waals surface area contributed by atoms with E-state index in [2.05, 4.69) is 10.3 Å². The van der Waals surface area contributed by atoms with Gasteiger partial charge in [0, 0.05) is 12.2 Å². The Morgan fingerprint density at radius 2 is 1.93 bits per heavy atom. The Hall–Kier alpha value is -0.760. The van der Waals surface area contributed by atoms with Crippen LogP contribution in [0.3, 0.4) is 0 Å². The summed E-state index contributed by atoms with van der Waals surface area (Å²) in [7, 11) is 0. The Labute approximate surface area is 96.1 Å². The third kappa shape index (κ3) is 3.10. The molecule has 1 aromatic heterocycles. The van der Waals surface area contributed by atoms with Gasteiger partial charge in [-0.25, -0.2) is 4.98 Å². The van der Waals surface area contributed by atoms with Crippen LogP contribution in [-0.2, 0) is 0 Å². The molecule has 0 amide bonds. The third-order valence-electron chi connectivity index (χ3n) is 2.97. The number of anilines is 1. The second kappa shape index (κ2) is 5.36. The molecule has 0 unspecified atom stereocenters. The molecule has 0 aliphatic heterocycles. The summed E-state index contributed by atoms with van der Waals surface area (Å²) in [6.45, 7) is 0. The Kier molecular flexibility index (Phi) is 3.84. The SMILES string of the molecule is Clc1ncccc1NC1CCCCCC1. The fourth-order valence-corrected chi connectivity index (χ4v) is 2.31. The van der Waals surface area contributed by atoms with Gasteiger partial charge in [0.05, 0.1) is 5.69 Å². The van der Waals surface area contributed by atoms with Gasteiger partial charge in [-0.3, -0.25) is 0 Å². The van der Waals surface area contributed by atoms with Crippen molar-refractivity contribution in [2.75, 3.05) is 5.32 Å². The first-order valence-electron chi connectivity index (χ1n) is 5.73. The minimum atomic E-state index is 0.578. The third-order valence-corrected chi connectivity index (χ3v) is 3.28.